The molecule has 0 bridgehead atoms. The molecule has 0 amide bonds. The summed E-state index contributed by atoms with van der Waals surface area (Å²) in [4.78, 5) is 0. The summed E-state index contributed by atoms with van der Waals surface area (Å²) in [5.41, 5.74) is 9.25. The van der Waals surface area contributed by atoms with Crippen molar-refractivity contribution in [3.05, 3.63) is 107 Å². The van der Waals surface area contributed by atoms with E-state index in [0.717, 1.165) is 19.4 Å². The molecule has 2 aliphatic rings. The molecule has 0 heterocycles. The fraction of sp³-hybridized carbons (Fsp3) is 0.241. The van der Waals surface area contributed by atoms with Crippen LogP contribution in [0.3, 0.4) is 0 Å². The molecule has 2 unspecified atom stereocenters. The van der Waals surface area contributed by atoms with Gasteiger partial charge in [-0.05, 0) is 63.1 Å². The maximum atomic E-state index is 6.40. The molecule has 154 valence electrons. The smallest absolute Gasteiger partial charge is 0.109 e. The molecule has 2 atom stereocenters. The zero-order valence-electron chi connectivity index (χ0n) is 17.8. The predicted octanol–water partition coefficient (Wildman–Crippen LogP) is 6.80. The highest BCUT2D eigenvalue weighted by atomic mass is 16.5. The minimum absolute atomic E-state index is 0.0546. The van der Waals surface area contributed by atoms with Gasteiger partial charge in [-0.2, -0.15) is 0 Å². The summed E-state index contributed by atoms with van der Waals surface area (Å²) in [5.74, 6) is 0. The zero-order valence-corrected chi connectivity index (χ0v) is 17.8. The van der Waals surface area contributed by atoms with Crippen LogP contribution < -0.4 is 0 Å². The van der Waals surface area contributed by atoms with Gasteiger partial charge in [0, 0.05) is 13.0 Å². The molecule has 0 saturated heterocycles. The Labute approximate surface area is 183 Å². The van der Waals surface area contributed by atoms with Crippen molar-refractivity contribution >= 4 is 10.8 Å². The lowest BCUT2D eigenvalue weighted by atomic mass is 10.0. The van der Waals surface area contributed by atoms with Gasteiger partial charge in [0.15, 0.2) is 0 Å². The van der Waals surface area contributed by atoms with E-state index in [2.05, 4.69) is 85.8 Å². The SMILES string of the molecule is CCOC1c2ccccc2-c2cc(CCOC3Cc4cccc5cccc3c45)ccc21. The first-order valence-corrected chi connectivity index (χ1v) is 11.3. The first kappa shape index (κ1) is 18.8. The summed E-state index contributed by atoms with van der Waals surface area (Å²) < 4.78 is 12.5. The van der Waals surface area contributed by atoms with Gasteiger partial charge >= 0.3 is 0 Å². The highest BCUT2D eigenvalue weighted by Crippen LogP contribution is 2.45. The lowest BCUT2D eigenvalue weighted by Gasteiger charge is -2.15. The predicted molar refractivity (Wildman–Crippen MR) is 125 cm³/mol. The summed E-state index contributed by atoms with van der Waals surface area (Å²) in [7, 11) is 0. The lowest BCUT2D eigenvalue weighted by molar-refractivity contribution is 0.0594. The Morgan fingerprint density at radius 2 is 1.58 bits per heavy atom. The molecule has 2 nitrogen and oxygen atoms in total. The van der Waals surface area contributed by atoms with Gasteiger partial charge < -0.3 is 9.47 Å². The van der Waals surface area contributed by atoms with Gasteiger partial charge in [0.05, 0.1) is 12.7 Å². The van der Waals surface area contributed by atoms with Gasteiger partial charge in [0.25, 0.3) is 0 Å². The lowest BCUT2D eigenvalue weighted by Crippen LogP contribution is -2.06. The van der Waals surface area contributed by atoms with Crippen LogP contribution in [-0.4, -0.2) is 13.2 Å². The number of ether oxygens (including phenoxy) is 2. The largest absolute Gasteiger partial charge is 0.373 e. The van der Waals surface area contributed by atoms with Crippen LogP contribution in [0.2, 0.25) is 0 Å². The van der Waals surface area contributed by atoms with E-state index < -0.39 is 0 Å². The molecule has 0 N–H and O–H groups in total. The van der Waals surface area contributed by atoms with E-state index >= 15 is 0 Å². The Balaban J connectivity index is 1.20. The normalized spacial score (nSPS) is 18.4. The van der Waals surface area contributed by atoms with E-state index in [0.29, 0.717) is 6.61 Å². The first-order valence-electron chi connectivity index (χ1n) is 11.3. The highest BCUT2D eigenvalue weighted by molar-refractivity contribution is 5.91. The molecule has 0 aliphatic heterocycles. The molecule has 31 heavy (non-hydrogen) atoms. The number of rotatable bonds is 6. The van der Waals surface area contributed by atoms with Crippen molar-refractivity contribution in [1.82, 2.24) is 0 Å². The Bertz CT molecular complexity index is 1270. The van der Waals surface area contributed by atoms with Crippen molar-refractivity contribution in [1.29, 1.82) is 0 Å². The second-order valence-corrected chi connectivity index (χ2v) is 8.52. The second-order valence-electron chi connectivity index (χ2n) is 8.52. The molecular formula is C29H26O2. The standard InChI is InChI=1S/C29H26O2/c1-2-30-29-23-11-4-3-10-22(23)26-17-19(13-14-24(26)29)15-16-31-27-18-21-9-5-7-20-8-6-12-25(27)28(20)21/h3-14,17,27,29H,2,15-16,18H2,1H3. The molecule has 0 aromatic heterocycles. The summed E-state index contributed by atoms with van der Waals surface area (Å²) >= 11 is 0. The van der Waals surface area contributed by atoms with Crippen molar-refractivity contribution in [2.24, 2.45) is 0 Å². The van der Waals surface area contributed by atoms with E-state index in [-0.39, 0.29) is 12.2 Å². The van der Waals surface area contributed by atoms with E-state index in [4.69, 9.17) is 9.47 Å². The Hall–Kier alpha value is -2.94. The Morgan fingerprint density at radius 1 is 0.774 bits per heavy atom. The molecule has 0 fully saturated rings. The maximum Gasteiger partial charge on any atom is 0.109 e. The molecule has 2 heteroatoms. The second kappa shape index (κ2) is 7.64. The van der Waals surface area contributed by atoms with Gasteiger partial charge in [-0.15, -0.1) is 0 Å². The topological polar surface area (TPSA) is 18.5 Å². The van der Waals surface area contributed by atoms with Crippen LogP contribution >= 0.6 is 0 Å². The van der Waals surface area contributed by atoms with Crippen LogP contribution in [0.1, 0.15) is 46.9 Å². The summed E-state index contributed by atoms with van der Waals surface area (Å²) in [6.45, 7) is 3.50. The summed E-state index contributed by atoms with van der Waals surface area (Å²) in [6, 6.07) is 28.6. The average molecular weight is 407 g/mol. The molecule has 4 aromatic carbocycles. The fourth-order valence-electron chi connectivity index (χ4n) is 5.37. The molecule has 0 saturated carbocycles. The van der Waals surface area contributed by atoms with Gasteiger partial charge in [0.1, 0.15) is 6.10 Å². The molecule has 2 aliphatic carbocycles. The molecule has 0 radical (unpaired) electrons. The number of hydrogen-bond acceptors (Lipinski definition) is 2. The van der Waals surface area contributed by atoms with Gasteiger partial charge in [-0.3, -0.25) is 0 Å². The van der Waals surface area contributed by atoms with Crippen LogP contribution in [-0.2, 0) is 22.3 Å². The van der Waals surface area contributed by atoms with Crippen LogP contribution in [0.4, 0.5) is 0 Å². The van der Waals surface area contributed by atoms with Crippen molar-refractivity contribution in [2.75, 3.05) is 13.2 Å². The maximum absolute atomic E-state index is 6.40. The summed E-state index contributed by atoms with van der Waals surface area (Å²) in [5, 5.41) is 2.72. The van der Waals surface area contributed by atoms with Gasteiger partial charge in [-0.1, -0.05) is 78.9 Å². The van der Waals surface area contributed by atoms with Crippen LogP contribution in [0.15, 0.2) is 78.9 Å². The van der Waals surface area contributed by atoms with Crippen LogP contribution in [0.5, 0.6) is 0 Å². The van der Waals surface area contributed by atoms with E-state index in [9.17, 15) is 0 Å². The monoisotopic (exact) mass is 406 g/mol. The van der Waals surface area contributed by atoms with Crippen molar-refractivity contribution in [2.45, 2.75) is 32.0 Å². The third-order valence-electron chi connectivity index (χ3n) is 6.75. The minimum Gasteiger partial charge on any atom is -0.373 e. The van der Waals surface area contributed by atoms with Gasteiger partial charge in [0.2, 0.25) is 0 Å². The molecule has 0 spiro atoms. The van der Waals surface area contributed by atoms with Crippen molar-refractivity contribution in [3.63, 3.8) is 0 Å². The van der Waals surface area contributed by atoms with Crippen LogP contribution in [0.25, 0.3) is 21.9 Å². The van der Waals surface area contributed by atoms with E-state index in [1.807, 2.05) is 0 Å². The average Bonchev–Trinajstić information content (AvgIpc) is 3.32. The summed E-state index contributed by atoms with van der Waals surface area (Å²) in [6.07, 6.45) is 2.11. The fourth-order valence-corrected chi connectivity index (χ4v) is 5.37. The Morgan fingerprint density at radius 3 is 2.48 bits per heavy atom. The zero-order chi connectivity index (χ0) is 20.8. The minimum atomic E-state index is 0.0546. The number of hydrogen-bond donors (Lipinski definition) is 0. The van der Waals surface area contributed by atoms with E-state index in [1.54, 1.807) is 0 Å². The van der Waals surface area contributed by atoms with Crippen molar-refractivity contribution < 1.29 is 9.47 Å². The van der Waals surface area contributed by atoms with E-state index in [1.165, 1.54) is 49.7 Å². The third kappa shape index (κ3) is 3.10. The van der Waals surface area contributed by atoms with Gasteiger partial charge in [-0.25, -0.2) is 0 Å². The molecule has 4 aromatic rings. The first-order chi connectivity index (χ1) is 15.3. The highest BCUT2D eigenvalue weighted by Gasteiger charge is 2.29. The number of benzene rings is 4. The van der Waals surface area contributed by atoms with Crippen LogP contribution in [0, 0.1) is 0 Å². The molecule has 6 rings (SSSR count). The molecular weight excluding hydrogens is 380 g/mol. The Kier molecular flexibility index (Phi) is 4.63. The third-order valence-corrected chi connectivity index (χ3v) is 6.75. The number of fused-ring (bicyclic) bond motifs is 3. The van der Waals surface area contributed by atoms with Crippen molar-refractivity contribution in [3.8, 4) is 11.1 Å². The quantitative estimate of drug-likeness (QED) is 0.350.